The van der Waals surface area contributed by atoms with Gasteiger partial charge >= 0.3 is 11.6 Å². The fourth-order valence-corrected chi connectivity index (χ4v) is 2.56. The normalized spacial score (nSPS) is 10.9. The summed E-state index contributed by atoms with van der Waals surface area (Å²) in [5.74, 6) is -0.809. The molecule has 0 fully saturated rings. The highest BCUT2D eigenvalue weighted by molar-refractivity contribution is 5.97. The van der Waals surface area contributed by atoms with Crippen LogP contribution in [0, 0.1) is 6.92 Å². The van der Waals surface area contributed by atoms with Gasteiger partial charge in [0.05, 0.1) is 0 Å². The molecule has 1 amide bonds. The van der Waals surface area contributed by atoms with E-state index in [1.54, 1.807) is 25.1 Å². The predicted octanol–water partition coefficient (Wildman–Crippen LogP) is 3.47. The van der Waals surface area contributed by atoms with Crippen LogP contribution >= 0.6 is 0 Å². The standard InChI is InChI=1S/C22H19NO5/c1-3-23-21(25)18-12-16-9-10-17(13-19(16)28-22(18)26)27-20(24)11-8-15-6-4-14(2)5-7-15/h4-13H,3H2,1-2H3,(H,23,25)/b11-8+. The Morgan fingerprint density at radius 1 is 1.11 bits per heavy atom. The molecule has 1 aromatic heterocycles. The lowest BCUT2D eigenvalue weighted by Crippen LogP contribution is -2.27. The highest BCUT2D eigenvalue weighted by Gasteiger charge is 2.13. The number of esters is 1. The van der Waals surface area contributed by atoms with Gasteiger partial charge in [0.2, 0.25) is 0 Å². The van der Waals surface area contributed by atoms with Crippen molar-refractivity contribution in [3.05, 3.63) is 81.7 Å². The maximum atomic E-state index is 12.0. The predicted molar refractivity (Wildman–Crippen MR) is 106 cm³/mol. The Bertz CT molecular complexity index is 1110. The number of benzene rings is 2. The molecule has 28 heavy (non-hydrogen) atoms. The monoisotopic (exact) mass is 377 g/mol. The molecule has 0 radical (unpaired) electrons. The Morgan fingerprint density at radius 2 is 1.86 bits per heavy atom. The Morgan fingerprint density at radius 3 is 2.57 bits per heavy atom. The van der Waals surface area contributed by atoms with E-state index in [0.717, 1.165) is 11.1 Å². The van der Waals surface area contributed by atoms with Crippen molar-refractivity contribution >= 4 is 28.9 Å². The minimum Gasteiger partial charge on any atom is -0.423 e. The van der Waals surface area contributed by atoms with E-state index in [2.05, 4.69) is 5.32 Å². The van der Waals surface area contributed by atoms with Crippen molar-refractivity contribution < 1.29 is 18.7 Å². The zero-order valence-corrected chi connectivity index (χ0v) is 15.5. The van der Waals surface area contributed by atoms with E-state index in [9.17, 15) is 14.4 Å². The smallest absolute Gasteiger partial charge is 0.349 e. The molecule has 3 rings (SSSR count). The second-order valence-electron chi connectivity index (χ2n) is 6.17. The van der Waals surface area contributed by atoms with Crippen molar-refractivity contribution in [1.82, 2.24) is 5.32 Å². The largest absolute Gasteiger partial charge is 0.423 e. The zero-order valence-electron chi connectivity index (χ0n) is 15.5. The first kappa shape index (κ1) is 19.1. The maximum absolute atomic E-state index is 12.0. The summed E-state index contributed by atoms with van der Waals surface area (Å²) in [6.45, 7) is 4.15. The van der Waals surface area contributed by atoms with Gasteiger partial charge in [-0.1, -0.05) is 29.8 Å². The molecule has 1 heterocycles. The van der Waals surface area contributed by atoms with Gasteiger partial charge in [-0.3, -0.25) is 4.79 Å². The van der Waals surface area contributed by atoms with Crippen LogP contribution in [0.4, 0.5) is 0 Å². The molecule has 2 aromatic carbocycles. The van der Waals surface area contributed by atoms with E-state index >= 15 is 0 Å². The summed E-state index contributed by atoms with van der Waals surface area (Å²) in [6, 6.07) is 13.8. The molecule has 0 aliphatic carbocycles. The Balaban J connectivity index is 1.77. The number of ether oxygens (including phenoxy) is 1. The van der Waals surface area contributed by atoms with E-state index in [0.29, 0.717) is 11.9 Å². The molecule has 0 aliphatic rings. The van der Waals surface area contributed by atoms with Gasteiger partial charge in [-0.15, -0.1) is 0 Å². The molecule has 0 unspecified atom stereocenters. The highest BCUT2D eigenvalue weighted by Crippen LogP contribution is 2.21. The lowest BCUT2D eigenvalue weighted by atomic mass is 10.1. The Labute approximate surface area is 161 Å². The minimum atomic E-state index is -0.749. The molecular weight excluding hydrogens is 358 g/mol. The van der Waals surface area contributed by atoms with Crippen LogP contribution in [0.2, 0.25) is 0 Å². The first-order valence-electron chi connectivity index (χ1n) is 8.79. The van der Waals surface area contributed by atoms with Gasteiger partial charge in [0, 0.05) is 24.1 Å². The van der Waals surface area contributed by atoms with Crippen LogP contribution in [0.15, 0.2) is 63.8 Å². The number of hydrogen-bond donors (Lipinski definition) is 1. The molecule has 3 aromatic rings. The molecule has 0 spiro atoms. The van der Waals surface area contributed by atoms with Crippen molar-refractivity contribution in [2.75, 3.05) is 6.54 Å². The molecule has 6 nitrogen and oxygen atoms in total. The van der Waals surface area contributed by atoms with Gasteiger partial charge in [0.1, 0.15) is 16.9 Å². The summed E-state index contributed by atoms with van der Waals surface area (Å²) in [6.07, 6.45) is 2.98. The molecule has 1 N–H and O–H groups in total. The molecular formula is C22H19NO5. The van der Waals surface area contributed by atoms with Gasteiger partial charge < -0.3 is 14.5 Å². The van der Waals surface area contributed by atoms with Crippen molar-refractivity contribution in [2.45, 2.75) is 13.8 Å². The Hall–Kier alpha value is -3.67. The summed E-state index contributed by atoms with van der Waals surface area (Å²) < 4.78 is 10.5. The SMILES string of the molecule is CCNC(=O)c1cc2ccc(OC(=O)/C=C/c3ccc(C)cc3)cc2oc1=O. The maximum Gasteiger partial charge on any atom is 0.349 e. The first-order valence-corrected chi connectivity index (χ1v) is 8.79. The third-order valence-electron chi connectivity index (χ3n) is 4.00. The van der Waals surface area contributed by atoms with Crippen LogP contribution in [0.25, 0.3) is 17.0 Å². The average molecular weight is 377 g/mol. The lowest BCUT2D eigenvalue weighted by molar-refractivity contribution is -0.128. The molecule has 0 saturated carbocycles. The van der Waals surface area contributed by atoms with Crippen LogP contribution in [0.1, 0.15) is 28.4 Å². The van der Waals surface area contributed by atoms with Crippen LogP contribution in [0.5, 0.6) is 5.75 Å². The van der Waals surface area contributed by atoms with Crippen LogP contribution in [-0.2, 0) is 4.79 Å². The number of rotatable bonds is 5. The molecule has 6 heteroatoms. The Kier molecular flexibility index (Phi) is 5.69. The third-order valence-corrected chi connectivity index (χ3v) is 4.00. The van der Waals surface area contributed by atoms with E-state index in [4.69, 9.17) is 9.15 Å². The highest BCUT2D eigenvalue weighted by atomic mass is 16.5. The summed E-state index contributed by atoms with van der Waals surface area (Å²) >= 11 is 0. The average Bonchev–Trinajstić information content (AvgIpc) is 2.67. The fourth-order valence-electron chi connectivity index (χ4n) is 2.56. The summed E-state index contributed by atoms with van der Waals surface area (Å²) in [4.78, 5) is 35.9. The van der Waals surface area contributed by atoms with E-state index < -0.39 is 17.5 Å². The van der Waals surface area contributed by atoms with Crippen molar-refractivity contribution in [1.29, 1.82) is 0 Å². The molecule has 0 saturated heterocycles. The van der Waals surface area contributed by atoms with Crippen molar-refractivity contribution in [3.63, 3.8) is 0 Å². The zero-order chi connectivity index (χ0) is 20.1. The molecule has 0 bridgehead atoms. The van der Waals surface area contributed by atoms with Crippen LogP contribution in [0.3, 0.4) is 0 Å². The molecule has 0 atom stereocenters. The summed E-state index contributed by atoms with van der Waals surface area (Å²) in [5.41, 5.74) is 1.42. The van der Waals surface area contributed by atoms with E-state index in [1.165, 1.54) is 18.2 Å². The second kappa shape index (κ2) is 8.35. The number of amides is 1. The quantitative estimate of drug-likeness (QED) is 0.318. The fraction of sp³-hybridized carbons (Fsp3) is 0.136. The van der Waals surface area contributed by atoms with Crippen LogP contribution in [-0.4, -0.2) is 18.4 Å². The van der Waals surface area contributed by atoms with Crippen LogP contribution < -0.4 is 15.7 Å². The van der Waals surface area contributed by atoms with Gasteiger partial charge in [0.15, 0.2) is 0 Å². The summed E-state index contributed by atoms with van der Waals surface area (Å²) in [7, 11) is 0. The topological polar surface area (TPSA) is 85.6 Å². The van der Waals surface area contributed by atoms with E-state index in [-0.39, 0.29) is 16.9 Å². The minimum absolute atomic E-state index is 0.0693. The van der Waals surface area contributed by atoms with Gasteiger partial charge in [-0.05, 0) is 43.7 Å². The molecule has 0 aliphatic heterocycles. The third kappa shape index (κ3) is 4.54. The van der Waals surface area contributed by atoms with Gasteiger partial charge in [-0.2, -0.15) is 0 Å². The van der Waals surface area contributed by atoms with Crippen molar-refractivity contribution in [2.24, 2.45) is 0 Å². The number of hydrogen-bond acceptors (Lipinski definition) is 5. The number of carbonyl (C=O) groups is 2. The van der Waals surface area contributed by atoms with Gasteiger partial charge in [0.25, 0.3) is 5.91 Å². The first-order chi connectivity index (χ1) is 13.5. The van der Waals surface area contributed by atoms with Gasteiger partial charge in [-0.25, -0.2) is 9.59 Å². The van der Waals surface area contributed by atoms with Crippen molar-refractivity contribution in [3.8, 4) is 5.75 Å². The second-order valence-corrected chi connectivity index (χ2v) is 6.17. The number of fused-ring (bicyclic) bond motifs is 1. The van der Waals surface area contributed by atoms with E-state index in [1.807, 2.05) is 31.2 Å². The number of carbonyl (C=O) groups excluding carboxylic acids is 2. The molecule has 142 valence electrons. The summed E-state index contributed by atoms with van der Waals surface area (Å²) in [5, 5.41) is 3.11. The lowest BCUT2D eigenvalue weighted by Gasteiger charge is -2.05. The number of nitrogens with one attached hydrogen (secondary N) is 1. The number of aryl methyl sites for hydroxylation is 1.